The molecule has 3 N–H and O–H groups in total. The molecule has 0 saturated carbocycles. The van der Waals surface area contributed by atoms with Gasteiger partial charge in [-0.25, -0.2) is 8.42 Å². The first kappa shape index (κ1) is 15.3. The first-order chi connectivity index (χ1) is 9.79. The molecule has 0 radical (unpaired) electrons. The summed E-state index contributed by atoms with van der Waals surface area (Å²) in [5, 5.41) is 17.5. The van der Waals surface area contributed by atoms with E-state index in [-0.39, 0.29) is 4.90 Å². The Morgan fingerprint density at radius 1 is 1.33 bits per heavy atom. The third-order valence-electron chi connectivity index (χ3n) is 2.95. The van der Waals surface area contributed by atoms with Gasteiger partial charge in [0.15, 0.2) is 0 Å². The van der Waals surface area contributed by atoms with E-state index in [0.717, 1.165) is 0 Å². The minimum absolute atomic E-state index is 0.122. The summed E-state index contributed by atoms with van der Waals surface area (Å²) in [6.07, 6.45) is -0.279. The summed E-state index contributed by atoms with van der Waals surface area (Å²) in [7, 11) is -4.12. The summed E-state index contributed by atoms with van der Waals surface area (Å²) in [6, 6.07) is 2.44. The van der Waals surface area contributed by atoms with Crippen molar-refractivity contribution in [1.29, 1.82) is 0 Å². The Morgan fingerprint density at radius 3 is 2.67 bits per heavy atom. The van der Waals surface area contributed by atoms with E-state index in [1.54, 1.807) is 0 Å². The van der Waals surface area contributed by atoms with Crippen LogP contribution in [0.15, 0.2) is 23.1 Å². The van der Waals surface area contributed by atoms with Gasteiger partial charge in [0.05, 0.1) is 17.9 Å². The molecule has 0 aliphatic carbocycles. The van der Waals surface area contributed by atoms with Gasteiger partial charge in [-0.05, 0) is 23.8 Å². The number of carboxylic acids is 2. The van der Waals surface area contributed by atoms with Gasteiger partial charge >= 0.3 is 11.9 Å². The second-order valence-electron chi connectivity index (χ2n) is 4.48. The van der Waals surface area contributed by atoms with Crippen molar-refractivity contribution in [2.75, 3.05) is 6.61 Å². The van der Waals surface area contributed by atoms with Crippen LogP contribution in [-0.2, 0) is 26.0 Å². The largest absolute Gasteiger partial charge is 0.493 e. The zero-order valence-electron chi connectivity index (χ0n) is 10.8. The van der Waals surface area contributed by atoms with E-state index in [1.807, 2.05) is 4.72 Å². The van der Waals surface area contributed by atoms with Gasteiger partial charge in [-0.15, -0.1) is 0 Å². The van der Waals surface area contributed by atoms with Gasteiger partial charge in [-0.1, -0.05) is 0 Å². The van der Waals surface area contributed by atoms with Crippen molar-refractivity contribution in [3.8, 4) is 5.75 Å². The van der Waals surface area contributed by atoms with Gasteiger partial charge in [-0.2, -0.15) is 4.72 Å². The Bertz CT molecular complexity index is 683. The maximum atomic E-state index is 12.1. The summed E-state index contributed by atoms with van der Waals surface area (Å²) >= 11 is 0. The lowest BCUT2D eigenvalue weighted by Gasteiger charge is -2.13. The smallest absolute Gasteiger partial charge is 0.322 e. The lowest BCUT2D eigenvalue weighted by Crippen LogP contribution is -2.42. The fourth-order valence-electron chi connectivity index (χ4n) is 1.94. The van der Waals surface area contributed by atoms with Crippen LogP contribution < -0.4 is 9.46 Å². The number of benzene rings is 1. The van der Waals surface area contributed by atoms with Crippen LogP contribution in [0.3, 0.4) is 0 Å². The van der Waals surface area contributed by atoms with E-state index in [4.69, 9.17) is 14.9 Å². The van der Waals surface area contributed by atoms with Crippen LogP contribution in [0, 0.1) is 0 Å². The van der Waals surface area contributed by atoms with Crippen molar-refractivity contribution >= 4 is 22.0 Å². The molecule has 0 fully saturated rings. The third kappa shape index (κ3) is 3.50. The van der Waals surface area contributed by atoms with Crippen molar-refractivity contribution in [3.63, 3.8) is 0 Å². The summed E-state index contributed by atoms with van der Waals surface area (Å²) in [4.78, 5) is 21.4. The average Bonchev–Trinajstić information content (AvgIpc) is 2.84. The fraction of sp³-hybridized carbons (Fsp3) is 0.333. The Kier molecular flexibility index (Phi) is 4.14. The van der Waals surface area contributed by atoms with E-state index < -0.39 is 34.4 Å². The number of carboxylic acid groups (broad SMARTS) is 2. The maximum Gasteiger partial charge on any atom is 0.322 e. The second kappa shape index (κ2) is 5.70. The Hall–Kier alpha value is -2.13. The molecule has 1 atom stereocenters. The third-order valence-corrected chi connectivity index (χ3v) is 4.41. The lowest BCUT2D eigenvalue weighted by atomic mass is 10.2. The molecule has 0 saturated heterocycles. The van der Waals surface area contributed by atoms with Crippen LogP contribution in [0.2, 0.25) is 0 Å². The van der Waals surface area contributed by atoms with Crippen molar-refractivity contribution in [2.24, 2.45) is 0 Å². The quantitative estimate of drug-likeness (QED) is 0.664. The number of fused-ring (bicyclic) bond motifs is 1. The molecule has 2 rings (SSSR count). The van der Waals surface area contributed by atoms with Gasteiger partial charge < -0.3 is 14.9 Å². The maximum absolute atomic E-state index is 12.1. The highest BCUT2D eigenvalue weighted by molar-refractivity contribution is 7.89. The molecule has 1 aromatic carbocycles. The Morgan fingerprint density at radius 2 is 2.05 bits per heavy atom. The summed E-state index contributed by atoms with van der Waals surface area (Å²) in [5.41, 5.74) is 0.711. The molecular formula is C12H13NO7S. The molecule has 1 heterocycles. The highest BCUT2D eigenvalue weighted by Crippen LogP contribution is 2.27. The van der Waals surface area contributed by atoms with Gasteiger partial charge in [-0.3, -0.25) is 9.59 Å². The number of nitrogens with one attached hydrogen (secondary N) is 1. The van der Waals surface area contributed by atoms with Gasteiger partial charge in [0, 0.05) is 6.42 Å². The molecule has 114 valence electrons. The lowest BCUT2D eigenvalue weighted by molar-refractivity contribution is -0.145. The van der Waals surface area contributed by atoms with Crippen LogP contribution in [0.25, 0.3) is 0 Å². The van der Waals surface area contributed by atoms with Gasteiger partial charge in [0.25, 0.3) is 0 Å². The number of sulfonamides is 1. The van der Waals surface area contributed by atoms with Crippen LogP contribution in [0.4, 0.5) is 0 Å². The van der Waals surface area contributed by atoms with E-state index in [1.165, 1.54) is 18.2 Å². The highest BCUT2D eigenvalue weighted by atomic mass is 32.2. The van der Waals surface area contributed by atoms with Crippen molar-refractivity contribution in [3.05, 3.63) is 23.8 Å². The normalized spacial score (nSPS) is 15.0. The standard InChI is InChI=1S/C12H13NO7S/c14-11(15)6-9(12(16)17)13-21(18,19)8-1-2-10-7(5-8)3-4-20-10/h1-2,5,9,13H,3-4,6H2,(H,14,15)(H,16,17). The number of hydrogen-bond acceptors (Lipinski definition) is 5. The minimum Gasteiger partial charge on any atom is -0.493 e. The number of ether oxygens (including phenoxy) is 1. The van der Waals surface area contributed by atoms with Crippen molar-refractivity contribution in [2.45, 2.75) is 23.8 Å². The zero-order valence-corrected chi connectivity index (χ0v) is 11.6. The molecular weight excluding hydrogens is 302 g/mol. The number of rotatable bonds is 6. The first-order valence-electron chi connectivity index (χ1n) is 6.02. The highest BCUT2D eigenvalue weighted by Gasteiger charge is 2.28. The molecule has 1 aromatic rings. The van der Waals surface area contributed by atoms with Crippen LogP contribution in [-0.4, -0.2) is 43.2 Å². The average molecular weight is 315 g/mol. The molecule has 9 heteroatoms. The first-order valence-corrected chi connectivity index (χ1v) is 7.50. The predicted octanol–water partition coefficient (Wildman–Crippen LogP) is -0.172. The molecule has 0 spiro atoms. The monoisotopic (exact) mass is 315 g/mol. The minimum atomic E-state index is -4.12. The van der Waals surface area contributed by atoms with E-state index >= 15 is 0 Å². The zero-order chi connectivity index (χ0) is 15.6. The molecule has 1 aliphatic rings. The molecule has 0 amide bonds. The summed E-state index contributed by atoms with van der Waals surface area (Å²) < 4.78 is 31.4. The van der Waals surface area contributed by atoms with E-state index in [0.29, 0.717) is 24.3 Å². The Labute approximate surface area is 120 Å². The second-order valence-corrected chi connectivity index (χ2v) is 6.19. The molecule has 0 aromatic heterocycles. The van der Waals surface area contributed by atoms with E-state index in [9.17, 15) is 18.0 Å². The topological polar surface area (TPSA) is 130 Å². The molecule has 8 nitrogen and oxygen atoms in total. The van der Waals surface area contributed by atoms with Crippen LogP contribution in [0.5, 0.6) is 5.75 Å². The number of hydrogen-bond donors (Lipinski definition) is 3. The van der Waals surface area contributed by atoms with Gasteiger partial charge in [0.2, 0.25) is 10.0 Å². The number of aliphatic carboxylic acids is 2. The summed E-state index contributed by atoms with van der Waals surface area (Å²) in [6.45, 7) is 0.461. The van der Waals surface area contributed by atoms with Crippen molar-refractivity contribution in [1.82, 2.24) is 4.72 Å². The van der Waals surface area contributed by atoms with E-state index in [2.05, 4.69) is 0 Å². The van der Waals surface area contributed by atoms with Gasteiger partial charge in [0.1, 0.15) is 11.8 Å². The molecule has 0 bridgehead atoms. The summed E-state index contributed by atoms with van der Waals surface area (Å²) in [5.74, 6) is -2.37. The van der Waals surface area contributed by atoms with Crippen molar-refractivity contribution < 1.29 is 33.0 Å². The predicted molar refractivity (Wildman–Crippen MR) is 69.6 cm³/mol. The fourth-order valence-corrected chi connectivity index (χ4v) is 3.18. The van der Waals surface area contributed by atoms with Crippen LogP contribution >= 0.6 is 0 Å². The molecule has 21 heavy (non-hydrogen) atoms. The Balaban J connectivity index is 2.24. The molecule has 1 unspecified atom stereocenters. The number of carbonyl (C=O) groups is 2. The molecule has 1 aliphatic heterocycles. The SMILES string of the molecule is O=C(O)CC(NS(=O)(=O)c1ccc2c(c1)CCO2)C(=O)O. The van der Waals surface area contributed by atoms with Crippen LogP contribution in [0.1, 0.15) is 12.0 Å².